The van der Waals surface area contributed by atoms with E-state index in [0.717, 1.165) is 78.0 Å². The van der Waals surface area contributed by atoms with Crippen LogP contribution in [0, 0.1) is 6.92 Å². The van der Waals surface area contributed by atoms with Crippen LogP contribution in [0.3, 0.4) is 0 Å². The maximum absolute atomic E-state index is 9.64. The molecule has 0 radical (unpaired) electrons. The Morgan fingerprint density at radius 1 is 1.13 bits per heavy atom. The molecule has 3 rings (SSSR count). The summed E-state index contributed by atoms with van der Waals surface area (Å²) in [5, 5.41) is 12.9. The molecule has 2 aromatic rings. The summed E-state index contributed by atoms with van der Waals surface area (Å²) < 4.78 is 0. The number of nitrogens with zero attached hydrogens (tertiary/aromatic N) is 3. The Morgan fingerprint density at radius 3 is 2.32 bits per heavy atom. The smallest absolute Gasteiger partial charge is 0.0705 e. The minimum absolute atomic E-state index is 0.342. The first-order chi connectivity index (χ1) is 18.3. The van der Waals surface area contributed by atoms with Crippen LogP contribution in [0.2, 0.25) is 0 Å². The van der Waals surface area contributed by atoms with Crippen LogP contribution < -0.4 is 5.32 Å². The van der Waals surface area contributed by atoms with Gasteiger partial charge in [-0.25, -0.2) is 0 Å². The highest BCUT2D eigenvalue weighted by atomic mass is 16.3. The Hall–Kier alpha value is -3.02. The lowest BCUT2D eigenvalue weighted by Crippen LogP contribution is -2.41. The molecule has 1 aromatic heterocycles. The van der Waals surface area contributed by atoms with E-state index in [4.69, 9.17) is 4.98 Å². The molecule has 5 heteroatoms. The Morgan fingerprint density at radius 2 is 1.82 bits per heavy atom. The number of aromatic nitrogens is 1. The van der Waals surface area contributed by atoms with Crippen LogP contribution in [0.25, 0.3) is 22.4 Å². The molecule has 0 bridgehead atoms. The number of hydrogen-bond donors (Lipinski definition) is 2. The second kappa shape index (κ2) is 17.5. The minimum Gasteiger partial charge on any atom is -0.390 e. The number of piperidine rings is 1. The summed E-state index contributed by atoms with van der Waals surface area (Å²) in [7, 11) is 5.82. The highest BCUT2D eigenvalue weighted by Crippen LogP contribution is 2.26. The van der Waals surface area contributed by atoms with Crippen LogP contribution in [-0.4, -0.2) is 61.0 Å². The fourth-order valence-electron chi connectivity index (χ4n) is 4.25. The van der Waals surface area contributed by atoms with Gasteiger partial charge in [-0.15, -0.1) is 0 Å². The zero-order valence-corrected chi connectivity index (χ0v) is 25.0. The first kappa shape index (κ1) is 33.0. The van der Waals surface area contributed by atoms with Gasteiger partial charge in [0.25, 0.3) is 0 Å². The molecule has 208 valence electrons. The first-order valence-corrected chi connectivity index (χ1v) is 13.9. The van der Waals surface area contributed by atoms with Crippen LogP contribution in [-0.2, 0) is 0 Å². The standard InChI is InChI=1S/C24H29N3.C7H15NO.C2H6/c1-7-10-22(16-25-4)23-13-14-24(26-18(23)3)21-12-9-11-20(15-21)19(8-2)17-27(5)6;1-2-7(9)3-5-8-6-4-7;1-2/h8-17H,2,7H2,1,3-6H3;8-9H,2-6H2,1H3;1-2H3/b19-17+,22-10+,25-16?;;. The van der Waals surface area contributed by atoms with E-state index in [-0.39, 0.29) is 5.60 Å². The molecule has 1 aliphatic heterocycles. The number of benzene rings is 1. The van der Waals surface area contributed by atoms with Crippen LogP contribution >= 0.6 is 0 Å². The second-order valence-corrected chi connectivity index (χ2v) is 9.45. The third-order valence-corrected chi connectivity index (χ3v) is 6.39. The van der Waals surface area contributed by atoms with E-state index in [0.29, 0.717) is 0 Å². The molecule has 1 fully saturated rings. The molecule has 0 amide bonds. The zero-order valence-electron chi connectivity index (χ0n) is 25.0. The van der Waals surface area contributed by atoms with E-state index < -0.39 is 0 Å². The van der Waals surface area contributed by atoms with Crippen molar-refractivity contribution in [3.8, 4) is 11.3 Å². The summed E-state index contributed by atoms with van der Waals surface area (Å²) in [5.74, 6) is 0. The Kier molecular flexibility index (Phi) is 15.2. The van der Waals surface area contributed by atoms with Crippen LogP contribution in [0.1, 0.15) is 70.2 Å². The number of aryl methyl sites for hydroxylation is 1. The Balaban J connectivity index is 0.000000548. The first-order valence-electron chi connectivity index (χ1n) is 13.9. The maximum atomic E-state index is 9.64. The summed E-state index contributed by atoms with van der Waals surface area (Å²) in [5.41, 5.74) is 7.19. The zero-order chi connectivity index (χ0) is 28.6. The van der Waals surface area contributed by atoms with Crippen molar-refractivity contribution in [2.75, 3.05) is 34.2 Å². The minimum atomic E-state index is -0.342. The molecule has 0 saturated carbocycles. The predicted octanol–water partition coefficient (Wildman–Crippen LogP) is 7.18. The van der Waals surface area contributed by atoms with Crippen molar-refractivity contribution in [1.29, 1.82) is 0 Å². The molecular weight excluding hydrogens is 468 g/mol. The number of rotatable bonds is 8. The quantitative estimate of drug-likeness (QED) is 0.287. The van der Waals surface area contributed by atoms with Crippen molar-refractivity contribution in [3.05, 3.63) is 78.1 Å². The molecule has 0 spiro atoms. The molecule has 0 atom stereocenters. The molecule has 5 nitrogen and oxygen atoms in total. The number of pyridine rings is 1. The summed E-state index contributed by atoms with van der Waals surface area (Å²) in [4.78, 5) is 11.1. The largest absolute Gasteiger partial charge is 0.390 e. The predicted molar refractivity (Wildman–Crippen MR) is 168 cm³/mol. The van der Waals surface area contributed by atoms with Gasteiger partial charge in [-0.1, -0.05) is 70.7 Å². The molecule has 2 N–H and O–H groups in total. The molecule has 1 aliphatic rings. The molecule has 0 aliphatic carbocycles. The third kappa shape index (κ3) is 10.4. The van der Waals surface area contributed by atoms with Crippen molar-refractivity contribution in [3.63, 3.8) is 0 Å². The van der Waals surface area contributed by atoms with Crippen LogP contribution in [0.5, 0.6) is 0 Å². The van der Waals surface area contributed by atoms with Crippen LogP contribution in [0.4, 0.5) is 0 Å². The van der Waals surface area contributed by atoms with Gasteiger partial charge in [-0.2, -0.15) is 0 Å². The molecule has 0 unspecified atom stereocenters. The summed E-state index contributed by atoms with van der Waals surface area (Å²) in [6.45, 7) is 16.1. The fourth-order valence-corrected chi connectivity index (χ4v) is 4.25. The van der Waals surface area contributed by atoms with Crippen molar-refractivity contribution < 1.29 is 5.11 Å². The van der Waals surface area contributed by atoms with Gasteiger partial charge in [0, 0.05) is 50.4 Å². The van der Waals surface area contributed by atoms with E-state index in [1.165, 1.54) is 0 Å². The highest BCUT2D eigenvalue weighted by Gasteiger charge is 2.26. The number of aliphatic imine (C=N–C) groups is 1. The molecule has 2 heterocycles. The molecule has 1 aromatic carbocycles. The van der Waals surface area contributed by atoms with E-state index in [1.807, 2.05) is 52.1 Å². The normalized spacial score (nSPS) is 15.2. The SMILES string of the molecule is C=C/C(=C\N(C)C)c1cccc(-c2ccc(/C(C=NC)=C/CC)c(C)n2)c1.CC.CCC1(O)CCNCC1. The lowest BCUT2D eigenvalue weighted by atomic mass is 9.90. The van der Waals surface area contributed by atoms with Gasteiger partial charge in [0.05, 0.1) is 11.3 Å². The average molecular weight is 519 g/mol. The van der Waals surface area contributed by atoms with E-state index >= 15 is 0 Å². The van der Waals surface area contributed by atoms with Gasteiger partial charge < -0.3 is 15.3 Å². The maximum Gasteiger partial charge on any atom is 0.0705 e. The van der Waals surface area contributed by atoms with Gasteiger partial charge in [-0.3, -0.25) is 9.98 Å². The van der Waals surface area contributed by atoms with Gasteiger partial charge in [-0.05, 0) is 74.5 Å². The van der Waals surface area contributed by atoms with E-state index in [1.54, 1.807) is 7.05 Å². The third-order valence-electron chi connectivity index (χ3n) is 6.39. The number of hydrogen-bond acceptors (Lipinski definition) is 5. The van der Waals surface area contributed by atoms with Gasteiger partial charge in [0.2, 0.25) is 0 Å². The topological polar surface area (TPSA) is 60.8 Å². The summed E-state index contributed by atoms with van der Waals surface area (Å²) in [6.07, 6.45) is 11.7. The second-order valence-electron chi connectivity index (χ2n) is 9.45. The Labute approximate surface area is 232 Å². The van der Waals surface area contributed by atoms with Gasteiger partial charge >= 0.3 is 0 Å². The number of nitrogens with one attached hydrogen (secondary N) is 1. The molecule has 1 saturated heterocycles. The van der Waals surface area contributed by atoms with E-state index in [9.17, 15) is 5.11 Å². The number of allylic oxidation sites excluding steroid dienone is 4. The van der Waals surface area contributed by atoms with Crippen molar-refractivity contribution in [1.82, 2.24) is 15.2 Å². The van der Waals surface area contributed by atoms with E-state index in [2.05, 4.69) is 79.4 Å². The molecule has 38 heavy (non-hydrogen) atoms. The fraction of sp³-hybridized carbons (Fsp3) is 0.455. The Bertz CT molecular complexity index is 1080. The van der Waals surface area contributed by atoms with Gasteiger partial charge in [0.15, 0.2) is 0 Å². The lowest BCUT2D eigenvalue weighted by molar-refractivity contribution is 0.00698. The lowest BCUT2D eigenvalue weighted by Gasteiger charge is -2.31. The number of aliphatic hydroxyl groups is 1. The monoisotopic (exact) mass is 518 g/mol. The van der Waals surface area contributed by atoms with Crippen molar-refractivity contribution >= 4 is 17.4 Å². The van der Waals surface area contributed by atoms with Crippen molar-refractivity contribution in [2.24, 2.45) is 4.99 Å². The highest BCUT2D eigenvalue weighted by molar-refractivity contribution is 6.10. The molecular formula is C33H50N4O. The van der Waals surface area contributed by atoms with Crippen LogP contribution in [0.15, 0.2) is 66.3 Å². The van der Waals surface area contributed by atoms with Crippen molar-refractivity contribution in [2.45, 2.75) is 65.9 Å². The van der Waals surface area contributed by atoms with Gasteiger partial charge in [0.1, 0.15) is 0 Å². The summed E-state index contributed by atoms with van der Waals surface area (Å²) in [6, 6.07) is 12.6. The summed E-state index contributed by atoms with van der Waals surface area (Å²) >= 11 is 0. The average Bonchev–Trinajstić information content (AvgIpc) is 2.93.